The molecule has 2 aliphatic carbocycles. The van der Waals surface area contributed by atoms with Crippen molar-refractivity contribution >= 4 is 0 Å². The van der Waals surface area contributed by atoms with Crippen LogP contribution in [0.3, 0.4) is 0 Å². The second-order valence-corrected chi connectivity index (χ2v) is 6.36. The van der Waals surface area contributed by atoms with Crippen LogP contribution in [0.2, 0.25) is 0 Å². The summed E-state index contributed by atoms with van der Waals surface area (Å²) in [5.74, 6) is 2.66. The third-order valence-corrected chi connectivity index (χ3v) is 4.72. The SMILES string of the molecule is CC(C)C1CCCCC1NCC1CC=CCC1. The van der Waals surface area contributed by atoms with Crippen LogP contribution in [0.4, 0.5) is 0 Å². The summed E-state index contributed by atoms with van der Waals surface area (Å²) in [6.45, 7) is 6.04. The van der Waals surface area contributed by atoms with Gasteiger partial charge in [0.05, 0.1) is 0 Å². The lowest BCUT2D eigenvalue weighted by Crippen LogP contribution is -2.42. The molecule has 0 aromatic rings. The van der Waals surface area contributed by atoms with E-state index in [1.165, 1.54) is 51.5 Å². The van der Waals surface area contributed by atoms with Gasteiger partial charge in [-0.25, -0.2) is 0 Å². The predicted octanol–water partition coefficient (Wildman–Crippen LogP) is 4.15. The first kappa shape index (κ1) is 13.1. The Labute approximate surface area is 107 Å². The average molecular weight is 235 g/mol. The predicted molar refractivity (Wildman–Crippen MR) is 75.1 cm³/mol. The summed E-state index contributed by atoms with van der Waals surface area (Å²) in [6, 6.07) is 0.801. The van der Waals surface area contributed by atoms with Crippen molar-refractivity contribution < 1.29 is 0 Å². The van der Waals surface area contributed by atoms with Crippen LogP contribution < -0.4 is 5.32 Å². The fourth-order valence-electron chi connectivity index (χ4n) is 3.57. The fraction of sp³-hybridized carbons (Fsp3) is 0.875. The summed E-state index contributed by atoms with van der Waals surface area (Å²) in [4.78, 5) is 0. The molecule has 1 nitrogen and oxygen atoms in total. The highest BCUT2D eigenvalue weighted by Gasteiger charge is 2.27. The van der Waals surface area contributed by atoms with Crippen LogP contribution in [0, 0.1) is 17.8 Å². The lowest BCUT2D eigenvalue weighted by molar-refractivity contribution is 0.198. The van der Waals surface area contributed by atoms with Crippen LogP contribution in [0.15, 0.2) is 12.2 Å². The van der Waals surface area contributed by atoms with Crippen molar-refractivity contribution in [2.75, 3.05) is 6.54 Å². The standard InChI is InChI=1S/C16H29N/c1-13(2)15-10-6-7-11-16(15)17-12-14-8-4-3-5-9-14/h3-4,13-17H,5-12H2,1-2H3. The van der Waals surface area contributed by atoms with E-state index >= 15 is 0 Å². The van der Waals surface area contributed by atoms with Crippen molar-refractivity contribution in [1.82, 2.24) is 5.32 Å². The van der Waals surface area contributed by atoms with E-state index in [4.69, 9.17) is 0 Å². The molecule has 2 rings (SSSR count). The molecule has 3 unspecified atom stereocenters. The summed E-state index contributed by atoms with van der Waals surface area (Å²) in [6.07, 6.45) is 14.4. The Kier molecular flexibility index (Phi) is 5.09. The van der Waals surface area contributed by atoms with Gasteiger partial charge in [-0.2, -0.15) is 0 Å². The topological polar surface area (TPSA) is 12.0 Å². The molecular formula is C16H29N. The lowest BCUT2D eigenvalue weighted by atomic mass is 9.77. The second-order valence-electron chi connectivity index (χ2n) is 6.36. The van der Waals surface area contributed by atoms with E-state index in [-0.39, 0.29) is 0 Å². The van der Waals surface area contributed by atoms with Gasteiger partial charge in [0.25, 0.3) is 0 Å². The largest absolute Gasteiger partial charge is 0.313 e. The first-order chi connectivity index (χ1) is 8.27. The van der Waals surface area contributed by atoms with Gasteiger partial charge in [-0.05, 0) is 56.4 Å². The normalized spacial score (nSPS) is 34.2. The molecule has 3 atom stereocenters. The first-order valence-electron chi connectivity index (χ1n) is 7.65. The van der Waals surface area contributed by atoms with Gasteiger partial charge < -0.3 is 5.32 Å². The van der Waals surface area contributed by atoms with Crippen LogP contribution in [0.1, 0.15) is 58.8 Å². The highest BCUT2D eigenvalue weighted by Crippen LogP contribution is 2.30. The van der Waals surface area contributed by atoms with Crippen LogP contribution in [-0.2, 0) is 0 Å². The van der Waals surface area contributed by atoms with Gasteiger partial charge in [0.15, 0.2) is 0 Å². The first-order valence-corrected chi connectivity index (χ1v) is 7.65. The monoisotopic (exact) mass is 235 g/mol. The Morgan fingerprint density at radius 2 is 1.94 bits per heavy atom. The number of hydrogen-bond donors (Lipinski definition) is 1. The Bertz CT molecular complexity index is 244. The summed E-state index contributed by atoms with van der Waals surface area (Å²) >= 11 is 0. The molecule has 0 aliphatic heterocycles. The molecule has 17 heavy (non-hydrogen) atoms. The van der Waals surface area contributed by atoms with Crippen LogP contribution >= 0.6 is 0 Å². The van der Waals surface area contributed by atoms with Crippen molar-refractivity contribution in [3.8, 4) is 0 Å². The molecule has 1 heteroatoms. The van der Waals surface area contributed by atoms with Gasteiger partial charge in [-0.15, -0.1) is 0 Å². The van der Waals surface area contributed by atoms with Gasteiger partial charge in [0.1, 0.15) is 0 Å². The Morgan fingerprint density at radius 1 is 1.12 bits per heavy atom. The Hall–Kier alpha value is -0.300. The maximum atomic E-state index is 3.89. The van der Waals surface area contributed by atoms with Crippen molar-refractivity contribution in [2.45, 2.75) is 64.8 Å². The minimum absolute atomic E-state index is 0.801. The van der Waals surface area contributed by atoms with Crippen molar-refractivity contribution in [1.29, 1.82) is 0 Å². The molecule has 0 saturated heterocycles. The Morgan fingerprint density at radius 3 is 2.65 bits per heavy atom. The summed E-state index contributed by atoms with van der Waals surface area (Å²) in [5.41, 5.74) is 0. The second kappa shape index (κ2) is 6.58. The summed E-state index contributed by atoms with van der Waals surface area (Å²) in [5, 5.41) is 3.89. The van der Waals surface area contributed by atoms with E-state index < -0.39 is 0 Å². The van der Waals surface area contributed by atoms with E-state index in [0.717, 1.165) is 23.8 Å². The van der Waals surface area contributed by atoms with E-state index in [1.807, 2.05) is 0 Å². The average Bonchev–Trinajstić information content (AvgIpc) is 2.38. The molecule has 1 saturated carbocycles. The van der Waals surface area contributed by atoms with E-state index in [0.29, 0.717) is 0 Å². The van der Waals surface area contributed by atoms with Crippen LogP contribution in [0.25, 0.3) is 0 Å². The minimum atomic E-state index is 0.801. The molecule has 0 spiro atoms. The van der Waals surface area contributed by atoms with Crippen LogP contribution in [0.5, 0.6) is 0 Å². The quantitative estimate of drug-likeness (QED) is 0.722. The van der Waals surface area contributed by atoms with E-state index in [2.05, 4.69) is 31.3 Å². The number of rotatable bonds is 4. The number of allylic oxidation sites excluding steroid dienone is 2. The molecule has 0 amide bonds. The lowest BCUT2D eigenvalue weighted by Gasteiger charge is -2.36. The smallest absolute Gasteiger partial charge is 0.00978 e. The summed E-state index contributed by atoms with van der Waals surface area (Å²) < 4.78 is 0. The molecule has 1 N–H and O–H groups in total. The fourth-order valence-corrected chi connectivity index (χ4v) is 3.57. The van der Waals surface area contributed by atoms with Gasteiger partial charge >= 0.3 is 0 Å². The zero-order valence-corrected chi connectivity index (χ0v) is 11.6. The molecule has 0 bridgehead atoms. The van der Waals surface area contributed by atoms with E-state index in [1.54, 1.807) is 0 Å². The molecule has 0 radical (unpaired) electrons. The van der Waals surface area contributed by atoms with E-state index in [9.17, 15) is 0 Å². The Balaban J connectivity index is 1.77. The summed E-state index contributed by atoms with van der Waals surface area (Å²) in [7, 11) is 0. The third-order valence-electron chi connectivity index (χ3n) is 4.72. The molecule has 98 valence electrons. The van der Waals surface area contributed by atoms with Crippen molar-refractivity contribution in [3.05, 3.63) is 12.2 Å². The third kappa shape index (κ3) is 3.84. The maximum Gasteiger partial charge on any atom is 0.00978 e. The van der Waals surface area contributed by atoms with Crippen LogP contribution in [-0.4, -0.2) is 12.6 Å². The molecule has 1 fully saturated rings. The molecule has 0 aromatic carbocycles. The minimum Gasteiger partial charge on any atom is -0.313 e. The zero-order valence-electron chi connectivity index (χ0n) is 11.6. The molecule has 0 heterocycles. The van der Waals surface area contributed by atoms with Crippen molar-refractivity contribution in [3.63, 3.8) is 0 Å². The number of hydrogen-bond acceptors (Lipinski definition) is 1. The molecule has 0 aromatic heterocycles. The van der Waals surface area contributed by atoms with Gasteiger partial charge in [0, 0.05) is 6.04 Å². The zero-order chi connectivity index (χ0) is 12.1. The highest BCUT2D eigenvalue weighted by atomic mass is 14.9. The van der Waals surface area contributed by atoms with Crippen molar-refractivity contribution in [2.24, 2.45) is 17.8 Å². The molecular weight excluding hydrogens is 206 g/mol. The highest BCUT2D eigenvalue weighted by molar-refractivity contribution is 4.91. The number of nitrogens with one attached hydrogen (secondary N) is 1. The maximum absolute atomic E-state index is 3.89. The van der Waals surface area contributed by atoms with Gasteiger partial charge in [-0.1, -0.05) is 38.8 Å². The van der Waals surface area contributed by atoms with Gasteiger partial charge in [-0.3, -0.25) is 0 Å². The molecule has 2 aliphatic rings. The van der Waals surface area contributed by atoms with Gasteiger partial charge in [0.2, 0.25) is 0 Å².